The Morgan fingerprint density at radius 3 is 2.72 bits per heavy atom. The van der Waals surface area contributed by atoms with E-state index in [-0.39, 0.29) is 0 Å². The Bertz CT molecular complexity index is 520. The Labute approximate surface area is 107 Å². The van der Waals surface area contributed by atoms with Gasteiger partial charge < -0.3 is 10.5 Å². The lowest BCUT2D eigenvalue weighted by molar-refractivity contribution is 0.287. The summed E-state index contributed by atoms with van der Waals surface area (Å²) in [5, 5.41) is 4.40. The Kier molecular flexibility index (Phi) is 3.99. The van der Waals surface area contributed by atoms with Crippen molar-refractivity contribution in [1.82, 2.24) is 9.78 Å². The number of benzene rings is 1. The van der Waals surface area contributed by atoms with E-state index < -0.39 is 0 Å². The number of nitrogens with two attached hydrogens (primary N) is 1. The van der Waals surface area contributed by atoms with Crippen LogP contribution in [0.2, 0.25) is 0 Å². The highest BCUT2D eigenvalue weighted by Crippen LogP contribution is 2.17. The molecule has 0 aliphatic heterocycles. The van der Waals surface area contributed by atoms with Crippen LogP contribution in [-0.4, -0.2) is 16.4 Å². The first kappa shape index (κ1) is 12.6. The second kappa shape index (κ2) is 5.69. The maximum absolute atomic E-state index is 5.76. The second-order valence-corrected chi connectivity index (χ2v) is 4.31. The van der Waals surface area contributed by atoms with Gasteiger partial charge in [0.05, 0.1) is 12.2 Å². The first-order valence-corrected chi connectivity index (χ1v) is 6.12. The summed E-state index contributed by atoms with van der Waals surface area (Å²) in [6.07, 6.45) is 0. The second-order valence-electron chi connectivity index (χ2n) is 4.31. The van der Waals surface area contributed by atoms with Crippen LogP contribution in [0, 0.1) is 13.8 Å². The zero-order valence-corrected chi connectivity index (χ0v) is 10.9. The van der Waals surface area contributed by atoms with Gasteiger partial charge in [-0.15, -0.1) is 0 Å². The highest BCUT2D eigenvalue weighted by Gasteiger charge is 2.03. The van der Waals surface area contributed by atoms with Crippen LogP contribution in [0.1, 0.15) is 17.0 Å². The molecular weight excluding hydrogens is 226 g/mol. The van der Waals surface area contributed by atoms with Crippen LogP contribution in [0.4, 0.5) is 0 Å². The fraction of sp³-hybridized carbons (Fsp3) is 0.357. The minimum absolute atomic E-state index is 0.496. The molecule has 0 aliphatic rings. The van der Waals surface area contributed by atoms with Gasteiger partial charge in [-0.3, -0.25) is 4.68 Å². The molecule has 2 N–H and O–H groups in total. The van der Waals surface area contributed by atoms with Crippen LogP contribution >= 0.6 is 0 Å². The predicted molar refractivity (Wildman–Crippen MR) is 71.5 cm³/mol. The highest BCUT2D eigenvalue weighted by atomic mass is 16.5. The van der Waals surface area contributed by atoms with E-state index in [1.165, 1.54) is 0 Å². The molecule has 0 spiro atoms. The number of aryl methyl sites for hydroxylation is 2. The lowest BCUT2D eigenvalue weighted by atomic mass is 10.2. The van der Waals surface area contributed by atoms with E-state index in [1.54, 1.807) is 0 Å². The van der Waals surface area contributed by atoms with Crippen LogP contribution in [0.3, 0.4) is 0 Å². The van der Waals surface area contributed by atoms with Gasteiger partial charge >= 0.3 is 0 Å². The molecule has 0 bridgehead atoms. The number of rotatable bonds is 5. The van der Waals surface area contributed by atoms with E-state index in [1.807, 2.05) is 42.8 Å². The van der Waals surface area contributed by atoms with Crippen molar-refractivity contribution in [2.45, 2.75) is 26.9 Å². The van der Waals surface area contributed by atoms with Crippen molar-refractivity contribution in [3.05, 3.63) is 47.3 Å². The molecule has 0 unspecified atom stereocenters. The van der Waals surface area contributed by atoms with Gasteiger partial charge in [0, 0.05) is 17.8 Å². The Morgan fingerprint density at radius 1 is 1.28 bits per heavy atom. The van der Waals surface area contributed by atoms with E-state index >= 15 is 0 Å². The smallest absolute Gasteiger partial charge is 0.123 e. The molecule has 2 rings (SSSR count). The third kappa shape index (κ3) is 2.90. The quantitative estimate of drug-likeness (QED) is 0.877. The van der Waals surface area contributed by atoms with E-state index in [2.05, 4.69) is 11.2 Å². The zero-order valence-electron chi connectivity index (χ0n) is 10.9. The molecule has 18 heavy (non-hydrogen) atoms. The fourth-order valence-corrected chi connectivity index (χ4v) is 1.96. The molecule has 1 aromatic carbocycles. The molecule has 0 atom stereocenters. The number of nitrogens with zero attached hydrogens (tertiary/aromatic N) is 2. The Hall–Kier alpha value is -1.81. The molecule has 0 saturated heterocycles. The summed E-state index contributed by atoms with van der Waals surface area (Å²) in [4.78, 5) is 0. The van der Waals surface area contributed by atoms with Crippen LogP contribution in [0.5, 0.6) is 5.75 Å². The molecule has 0 aliphatic carbocycles. The van der Waals surface area contributed by atoms with Crippen LogP contribution in [0.15, 0.2) is 30.3 Å². The van der Waals surface area contributed by atoms with Gasteiger partial charge in [-0.1, -0.05) is 18.2 Å². The van der Waals surface area contributed by atoms with Crippen LogP contribution in [-0.2, 0) is 13.1 Å². The van der Waals surface area contributed by atoms with Gasteiger partial charge in [0.1, 0.15) is 12.4 Å². The average molecular weight is 245 g/mol. The van der Waals surface area contributed by atoms with Gasteiger partial charge in [-0.2, -0.15) is 5.10 Å². The predicted octanol–water partition coefficient (Wildman–Crippen LogP) is 2.04. The minimum Gasteiger partial charge on any atom is -0.491 e. The third-order valence-electron chi connectivity index (χ3n) is 2.86. The topological polar surface area (TPSA) is 53.1 Å². The molecule has 0 saturated carbocycles. The highest BCUT2D eigenvalue weighted by molar-refractivity contribution is 5.32. The summed E-state index contributed by atoms with van der Waals surface area (Å²) >= 11 is 0. The van der Waals surface area contributed by atoms with Gasteiger partial charge in [0.2, 0.25) is 0 Å². The van der Waals surface area contributed by atoms with Crippen molar-refractivity contribution in [2.75, 3.05) is 6.61 Å². The molecule has 2 aromatic rings. The maximum atomic E-state index is 5.76. The first-order chi connectivity index (χ1) is 8.70. The zero-order chi connectivity index (χ0) is 13.0. The molecular formula is C14H19N3O. The molecule has 4 heteroatoms. The molecule has 1 heterocycles. The Balaban J connectivity index is 1.94. The van der Waals surface area contributed by atoms with Crippen LogP contribution < -0.4 is 10.5 Å². The summed E-state index contributed by atoms with van der Waals surface area (Å²) in [7, 11) is 0. The average Bonchev–Trinajstić information content (AvgIpc) is 2.68. The lowest BCUT2D eigenvalue weighted by Crippen LogP contribution is -2.12. The molecule has 4 nitrogen and oxygen atoms in total. The van der Waals surface area contributed by atoms with Gasteiger partial charge in [-0.25, -0.2) is 0 Å². The van der Waals surface area contributed by atoms with Crippen molar-refractivity contribution in [1.29, 1.82) is 0 Å². The minimum atomic E-state index is 0.496. The number of hydrogen-bond donors (Lipinski definition) is 1. The van der Waals surface area contributed by atoms with E-state index in [0.29, 0.717) is 13.2 Å². The summed E-state index contributed by atoms with van der Waals surface area (Å²) in [5.41, 5.74) is 8.89. The van der Waals surface area contributed by atoms with Gasteiger partial charge in [-0.05, 0) is 26.0 Å². The number of hydrogen-bond acceptors (Lipinski definition) is 3. The third-order valence-corrected chi connectivity index (χ3v) is 2.86. The number of aromatic nitrogens is 2. The van der Waals surface area contributed by atoms with Crippen molar-refractivity contribution < 1.29 is 4.74 Å². The number of para-hydroxylation sites is 1. The lowest BCUT2D eigenvalue weighted by Gasteiger charge is -2.10. The van der Waals surface area contributed by atoms with E-state index in [4.69, 9.17) is 10.5 Å². The van der Waals surface area contributed by atoms with Crippen molar-refractivity contribution in [3.8, 4) is 5.75 Å². The molecule has 0 amide bonds. The summed E-state index contributed by atoms with van der Waals surface area (Å²) in [6.45, 7) is 5.88. The summed E-state index contributed by atoms with van der Waals surface area (Å²) < 4.78 is 7.71. The maximum Gasteiger partial charge on any atom is 0.123 e. The molecule has 0 radical (unpaired) electrons. The van der Waals surface area contributed by atoms with E-state index in [9.17, 15) is 0 Å². The van der Waals surface area contributed by atoms with Crippen molar-refractivity contribution >= 4 is 0 Å². The fourth-order valence-electron chi connectivity index (χ4n) is 1.96. The summed E-state index contributed by atoms with van der Waals surface area (Å²) in [6, 6.07) is 9.92. The molecule has 0 fully saturated rings. The van der Waals surface area contributed by atoms with Crippen molar-refractivity contribution in [2.24, 2.45) is 5.73 Å². The normalized spacial score (nSPS) is 10.6. The van der Waals surface area contributed by atoms with Gasteiger partial charge in [0.25, 0.3) is 0 Å². The summed E-state index contributed by atoms with van der Waals surface area (Å²) in [5.74, 6) is 0.863. The standard InChI is InChI=1S/C14H19N3O/c1-11-9-12(2)17(16-11)7-8-18-14-6-4-3-5-13(14)10-15/h3-6,9H,7-8,10,15H2,1-2H3. The Morgan fingerprint density at radius 2 is 2.06 bits per heavy atom. The monoisotopic (exact) mass is 245 g/mol. The van der Waals surface area contributed by atoms with Gasteiger partial charge in [0.15, 0.2) is 0 Å². The number of ether oxygens (including phenoxy) is 1. The largest absolute Gasteiger partial charge is 0.491 e. The molecule has 96 valence electrons. The molecule has 1 aromatic heterocycles. The SMILES string of the molecule is Cc1cc(C)n(CCOc2ccccc2CN)n1. The van der Waals surface area contributed by atoms with E-state index in [0.717, 1.165) is 29.2 Å². The first-order valence-electron chi connectivity index (χ1n) is 6.12. The van der Waals surface area contributed by atoms with Crippen molar-refractivity contribution in [3.63, 3.8) is 0 Å². The van der Waals surface area contributed by atoms with Crippen LogP contribution in [0.25, 0.3) is 0 Å².